The molecule has 90 valence electrons. The van der Waals surface area contributed by atoms with Crippen molar-refractivity contribution in [2.24, 2.45) is 0 Å². The van der Waals surface area contributed by atoms with Gasteiger partial charge in [-0.3, -0.25) is 0 Å². The third-order valence-corrected chi connectivity index (χ3v) is 1.34. The van der Waals surface area contributed by atoms with E-state index in [1.165, 1.54) is 12.2 Å². The first-order chi connectivity index (χ1) is 7.46. The van der Waals surface area contributed by atoms with Crippen molar-refractivity contribution in [3.8, 4) is 0 Å². The lowest BCUT2D eigenvalue weighted by atomic mass is 10.1. The van der Waals surface area contributed by atoms with Crippen molar-refractivity contribution in [3.05, 3.63) is 49.1 Å². The van der Waals surface area contributed by atoms with E-state index >= 15 is 0 Å². The largest absolute Gasteiger partial charge is 0.477 e. The number of carboxylic acids is 1. The summed E-state index contributed by atoms with van der Waals surface area (Å²) in [5, 5.41) is 8.25. The van der Waals surface area contributed by atoms with Crippen LogP contribution in [-0.4, -0.2) is 17.0 Å². The second kappa shape index (κ2) is 8.59. The Labute approximate surface area is 94.3 Å². The van der Waals surface area contributed by atoms with Gasteiger partial charge >= 0.3 is 11.9 Å². The predicted octanol–water partition coefficient (Wildman–Crippen LogP) is 3.59. The Kier molecular flexibility index (Phi) is 8.97. The molecule has 0 amide bonds. The molecular formula is C12H16F2O2. The van der Waals surface area contributed by atoms with Crippen LogP contribution < -0.4 is 0 Å². The van der Waals surface area contributed by atoms with Gasteiger partial charge in [-0.25, -0.2) is 4.79 Å². The summed E-state index contributed by atoms with van der Waals surface area (Å²) in [6.07, 6.45) is 5.51. The first-order valence-electron chi connectivity index (χ1n) is 4.70. The van der Waals surface area contributed by atoms with Gasteiger partial charge < -0.3 is 5.11 Å². The van der Waals surface area contributed by atoms with Crippen LogP contribution >= 0.6 is 0 Å². The van der Waals surface area contributed by atoms with Gasteiger partial charge in [-0.05, 0) is 0 Å². The number of alkyl halides is 2. The maximum atomic E-state index is 12.9. The van der Waals surface area contributed by atoms with E-state index in [-0.39, 0.29) is 0 Å². The molecule has 0 aliphatic heterocycles. The van der Waals surface area contributed by atoms with E-state index in [9.17, 15) is 13.6 Å². The van der Waals surface area contributed by atoms with E-state index in [1.807, 2.05) is 13.8 Å². The van der Waals surface area contributed by atoms with Crippen LogP contribution in [0.3, 0.4) is 0 Å². The molecule has 0 aliphatic carbocycles. The first-order valence-corrected chi connectivity index (χ1v) is 4.70. The standard InChI is InChI=1S/C10H10F2O2.C2H6/c1-3-5-7-8(6-4-2)10(11,12)9(13)14;1-2/h3-7H,1-2H2,(H,13,14);1-2H3/b7-5-,8-6+;. The van der Waals surface area contributed by atoms with E-state index in [0.717, 1.165) is 18.2 Å². The number of halogens is 2. The number of rotatable bonds is 5. The van der Waals surface area contributed by atoms with Gasteiger partial charge in [0.25, 0.3) is 0 Å². The van der Waals surface area contributed by atoms with Gasteiger partial charge in [-0.15, -0.1) is 0 Å². The van der Waals surface area contributed by atoms with Crippen molar-refractivity contribution >= 4 is 5.97 Å². The number of hydrogen-bond acceptors (Lipinski definition) is 1. The fourth-order valence-corrected chi connectivity index (χ4v) is 0.687. The van der Waals surface area contributed by atoms with Crippen LogP contribution in [0.2, 0.25) is 0 Å². The molecule has 0 radical (unpaired) electrons. The van der Waals surface area contributed by atoms with E-state index in [4.69, 9.17) is 5.11 Å². The van der Waals surface area contributed by atoms with Crippen molar-refractivity contribution in [2.75, 3.05) is 0 Å². The number of hydrogen-bond donors (Lipinski definition) is 1. The molecule has 0 aromatic carbocycles. The molecule has 0 aromatic heterocycles. The molecule has 16 heavy (non-hydrogen) atoms. The van der Waals surface area contributed by atoms with Crippen LogP contribution in [0, 0.1) is 0 Å². The van der Waals surface area contributed by atoms with Gasteiger partial charge in [-0.2, -0.15) is 8.78 Å². The lowest BCUT2D eigenvalue weighted by molar-refractivity contribution is -0.158. The number of aliphatic carboxylic acids is 1. The fraction of sp³-hybridized carbons (Fsp3) is 0.250. The summed E-state index contributed by atoms with van der Waals surface area (Å²) in [7, 11) is 0. The summed E-state index contributed by atoms with van der Waals surface area (Å²) < 4.78 is 25.8. The normalized spacial score (nSPS) is 11.6. The maximum absolute atomic E-state index is 12.9. The van der Waals surface area contributed by atoms with Crippen molar-refractivity contribution < 1.29 is 18.7 Å². The minimum atomic E-state index is -3.91. The molecule has 1 N–H and O–H groups in total. The van der Waals surface area contributed by atoms with Gasteiger partial charge in [0.15, 0.2) is 0 Å². The van der Waals surface area contributed by atoms with Crippen molar-refractivity contribution in [3.63, 3.8) is 0 Å². The highest BCUT2D eigenvalue weighted by Crippen LogP contribution is 2.25. The SMILES string of the molecule is C=C/C=C\C(=C/C=C)C(F)(F)C(=O)O.CC. The Morgan fingerprint density at radius 1 is 1.25 bits per heavy atom. The molecule has 0 atom stereocenters. The van der Waals surface area contributed by atoms with Crippen LogP contribution in [0.25, 0.3) is 0 Å². The molecule has 0 spiro atoms. The number of allylic oxidation sites excluding steroid dienone is 5. The molecule has 0 saturated heterocycles. The Morgan fingerprint density at radius 2 is 1.75 bits per heavy atom. The van der Waals surface area contributed by atoms with Crippen LogP contribution in [0.15, 0.2) is 49.1 Å². The molecule has 0 aliphatic rings. The van der Waals surface area contributed by atoms with Crippen molar-refractivity contribution in [1.29, 1.82) is 0 Å². The smallest absolute Gasteiger partial charge is 0.379 e. The van der Waals surface area contributed by atoms with Crippen LogP contribution in [0.4, 0.5) is 8.78 Å². The highest BCUT2D eigenvalue weighted by molar-refractivity contribution is 5.80. The minimum absolute atomic E-state index is 0.639. The molecule has 0 rings (SSSR count). The van der Waals surface area contributed by atoms with E-state index < -0.39 is 17.5 Å². The molecule has 0 aromatic rings. The minimum Gasteiger partial charge on any atom is -0.477 e. The average Bonchev–Trinajstić information content (AvgIpc) is 2.26. The second-order valence-electron chi connectivity index (χ2n) is 2.33. The number of carboxylic acid groups (broad SMARTS) is 1. The zero-order valence-corrected chi connectivity index (χ0v) is 9.41. The fourth-order valence-electron chi connectivity index (χ4n) is 0.687. The third-order valence-electron chi connectivity index (χ3n) is 1.34. The first kappa shape index (κ1) is 16.7. The summed E-state index contributed by atoms with van der Waals surface area (Å²) in [6.45, 7) is 10.5. The lowest BCUT2D eigenvalue weighted by Crippen LogP contribution is -2.29. The quantitative estimate of drug-likeness (QED) is 0.733. The summed E-state index contributed by atoms with van der Waals surface area (Å²) in [5.74, 6) is -6.10. The zero-order chi connectivity index (χ0) is 13.2. The summed E-state index contributed by atoms with van der Waals surface area (Å²) in [5.41, 5.74) is -0.639. The van der Waals surface area contributed by atoms with Crippen molar-refractivity contribution in [1.82, 2.24) is 0 Å². The summed E-state index contributed by atoms with van der Waals surface area (Å²) >= 11 is 0. The monoisotopic (exact) mass is 230 g/mol. The van der Waals surface area contributed by atoms with E-state index in [2.05, 4.69) is 13.2 Å². The molecule has 4 heteroatoms. The van der Waals surface area contributed by atoms with Crippen molar-refractivity contribution in [2.45, 2.75) is 19.8 Å². The molecule has 2 nitrogen and oxygen atoms in total. The lowest BCUT2D eigenvalue weighted by Gasteiger charge is -2.11. The van der Waals surface area contributed by atoms with Gasteiger partial charge in [0.05, 0.1) is 0 Å². The second-order valence-corrected chi connectivity index (χ2v) is 2.33. The highest BCUT2D eigenvalue weighted by atomic mass is 19.3. The topological polar surface area (TPSA) is 37.3 Å². The molecular weight excluding hydrogens is 214 g/mol. The summed E-state index contributed by atoms with van der Waals surface area (Å²) in [4.78, 5) is 10.2. The Balaban J connectivity index is 0. The highest BCUT2D eigenvalue weighted by Gasteiger charge is 2.41. The molecule has 0 bridgehead atoms. The van der Waals surface area contributed by atoms with Gasteiger partial charge in [0.1, 0.15) is 0 Å². The van der Waals surface area contributed by atoms with Gasteiger partial charge in [0, 0.05) is 5.57 Å². The predicted molar refractivity (Wildman–Crippen MR) is 61.5 cm³/mol. The Morgan fingerprint density at radius 3 is 2.06 bits per heavy atom. The van der Waals surface area contributed by atoms with E-state index in [0.29, 0.717) is 0 Å². The third kappa shape index (κ3) is 5.24. The van der Waals surface area contributed by atoms with E-state index in [1.54, 1.807) is 0 Å². The molecule has 0 heterocycles. The Bertz CT molecular complexity index is 302. The van der Waals surface area contributed by atoms with Gasteiger partial charge in [0.2, 0.25) is 0 Å². The average molecular weight is 230 g/mol. The molecule has 0 fully saturated rings. The zero-order valence-electron chi connectivity index (χ0n) is 9.41. The van der Waals surface area contributed by atoms with Crippen LogP contribution in [-0.2, 0) is 4.79 Å². The molecule has 0 unspecified atom stereocenters. The van der Waals surface area contributed by atoms with Gasteiger partial charge in [-0.1, -0.05) is 57.4 Å². The van der Waals surface area contributed by atoms with Crippen LogP contribution in [0.1, 0.15) is 13.8 Å². The van der Waals surface area contributed by atoms with Crippen LogP contribution in [0.5, 0.6) is 0 Å². The number of carbonyl (C=O) groups is 1. The molecule has 0 saturated carbocycles. The maximum Gasteiger partial charge on any atom is 0.379 e. The Hall–Kier alpha value is -1.71. The summed E-state index contributed by atoms with van der Waals surface area (Å²) in [6, 6.07) is 0.